The van der Waals surface area contributed by atoms with Gasteiger partial charge in [-0.05, 0) is 31.4 Å². The maximum atomic E-state index is 10.3. The summed E-state index contributed by atoms with van der Waals surface area (Å²) in [5, 5.41) is 33.7. The SMILES string of the molecule is CC.Cc1cc2c(s1)C1(CCN(Cc3cnn(CC(C)(CO)CO)c3)CC1)OC[C@H]2O.FCF. The standard InChI is InChI=1S/C21H31N3O4S.C2H6.CH2F2/c1-15-7-17-18(27)11-28-21(19(17)29-15)3-5-23(6-4-21)9-16-8-22-24(10-16)12-20(2,13-25)14-26;1-2;2-1-3/h7-8,10,18,25-27H,3-6,9,11-14H2,1-2H3;1-2H3;1H2/t18-;;/m1../s1. The van der Waals surface area contributed by atoms with Gasteiger partial charge in [0, 0.05) is 46.6 Å². The first-order valence-corrected chi connectivity index (χ1v) is 12.6. The van der Waals surface area contributed by atoms with Crippen molar-refractivity contribution in [3.8, 4) is 0 Å². The van der Waals surface area contributed by atoms with E-state index in [-0.39, 0.29) is 18.8 Å². The molecule has 0 saturated carbocycles. The van der Waals surface area contributed by atoms with Gasteiger partial charge in [-0.15, -0.1) is 11.3 Å². The molecule has 10 heteroatoms. The van der Waals surface area contributed by atoms with Crippen LogP contribution >= 0.6 is 11.3 Å². The zero-order chi connectivity index (χ0) is 25.4. The first-order chi connectivity index (χ1) is 16.3. The lowest BCUT2D eigenvalue weighted by molar-refractivity contribution is -0.129. The minimum atomic E-state index is -1.75. The van der Waals surface area contributed by atoms with E-state index in [1.54, 1.807) is 16.0 Å². The quantitative estimate of drug-likeness (QED) is 0.557. The van der Waals surface area contributed by atoms with Gasteiger partial charge in [-0.1, -0.05) is 20.8 Å². The molecule has 4 heterocycles. The molecular weight excluding hydrogens is 464 g/mol. The van der Waals surface area contributed by atoms with E-state index in [0.29, 0.717) is 13.2 Å². The van der Waals surface area contributed by atoms with Gasteiger partial charge in [-0.25, -0.2) is 8.78 Å². The number of thiophene rings is 1. The van der Waals surface area contributed by atoms with Gasteiger partial charge in [0.2, 0.25) is 6.93 Å². The Hall–Kier alpha value is -1.43. The third kappa shape index (κ3) is 6.83. The third-order valence-electron chi connectivity index (χ3n) is 6.24. The van der Waals surface area contributed by atoms with E-state index in [1.165, 1.54) is 9.75 Å². The normalized spacial score (nSPS) is 19.6. The summed E-state index contributed by atoms with van der Waals surface area (Å²) in [4.78, 5) is 4.86. The van der Waals surface area contributed by atoms with Gasteiger partial charge in [0.1, 0.15) is 11.7 Å². The van der Waals surface area contributed by atoms with Crippen LogP contribution in [0.15, 0.2) is 18.5 Å². The molecule has 0 aliphatic carbocycles. The van der Waals surface area contributed by atoms with Crippen molar-refractivity contribution in [2.75, 3.05) is 39.8 Å². The lowest BCUT2D eigenvalue weighted by atomic mass is 9.84. The predicted molar refractivity (Wildman–Crippen MR) is 129 cm³/mol. The number of piperidine rings is 1. The molecule has 0 bridgehead atoms. The Balaban J connectivity index is 0.000000758. The first kappa shape index (κ1) is 28.8. The average molecular weight is 504 g/mol. The van der Waals surface area contributed by atoms with Crippen LogP contribution in [0, 0.1) is 12.3 Å². The summed E-state index contributed by atoms with van der Waals surface area (Å²) in [6.07, 6.45) is 5.21. The molecule has 1 spiro atoms. The molecule has 7 nitrogen and oxygen atoms in total. The number of fused-ring (bicyclic) bond motifs is 2. The number of likely N-dealkylation sites (tertiary alicyclic amines) is 1. The summed E-state index contributed by atoms with van der Waals surface area (Å²) in [6, 6.07) is 2.11. The Morgan fingerprint density at radius 1 is 1.24 bits per heavy atom. The number of aromatic nitrogens is 2. The highest BCUT2D eigenvalue weighted by Crippen LogP contribution is 2.48. The smallest absolute Gasteiger partial charge is 0.229 e. The molecule has 1 fully saturated rings. The van der Waals surface area contributed by atoms with E-state index < -0.39 is 18.4 Å². The zero-order valence-electron chi connectivity index (χ0n) is 20.6. The summed E-state index contributed by atoms with van der Waals surface area (Å²) >= 11 is 1.76. The van der Waals surface area contributed by atoms with Crippen molar-refractivity contribution in [2.24, 2.45) is 5.41 Å². The van der Waals surface area contributed by atoms with Gasteiger partial charge in [-0.3, -0.25) is 9.58 Å². The van der Waals surface area contributed by atoms with Gasteiger partial charge < -0.3 is 20.1 Å². The molecule has 194 valence electrons. The average Bonchev–Trinajstić information content (AvgIpc) is 3.46. The van der Waals surface area contributed by atoms with Crippen LogP contribution in [0.3, 0.4) is 0 Å². The lowest BCUT2D eigenvalue weighted by Gasteiger charge is -2.44. The summed E-state index contributed by atoms with van der Waals surface area (Å²) in [5.74, 6) is 0. The maximum absolute atomic E-state index is 10.3. The van der Waals surface area contributed by atoms with Crippen LogP contribution in [0.1, 0.15) is 60.6 Å². The number of alkyl halides is 2. The second kappa shape index (κ2) is 13.0. The molecule has 0 amide bonds. The van der Waals surface area contributed by atoms with Gasteiger partial charge in [0.05, 0.1) is 32.6 Å². The number of ether oxygens (including phenoxy) is 1. The molecule has 2 aromatic heterocycles. The molecule has 0 radical (unpaired) electrons. The van der Waals surface area contributed by atoms with E-state index in [1.807, 2.05) is 33.2 Å². The van der Waals surface area contributed by atoms with Crippen LogP contribution in [0.4, 0.5) is 8.78 Å². The fourth-order valence-electron chi connectivity index (χ4n) is 4.35. The van der Waals surface area contributed by atoms with E-state index in [2.05, 4.69) is 23.0 Å². The predicted octanol–water partition coefficient (Wildman–Crippen LogP) is 3.71. The van der Waals surface area contributed by atoms with Crippen molar-refractivity contribution in [1.82, 2.24) is 14.7 Å². The number of hydrogen-bond donors (Lipinski definition) is 3. The highest BCUT2D eigenvalue weighted by atomic mass is 32.1. The number of halogens is 2. The molecule has 2 aromatic rings. The zero-order valence-corrected chi connectivity index (χ0v) is 21.5. The lowest BCUT2D eigenvalue weighted by Crippen LogP contribution is -2.46. The van der Waals surface area contributed by atoms with Crippen molar-refractivity contribution >= 4 is 11.3 Å². The van der Waals surface area contributed by atoms with E-state index in [0.717, 1.165) is 43.6 Å². The summed E-state index contributed by atoms with van der Waals surface area (Å²) in [7, 11) is 0. The third-order valence-corrected chi connectivity index (χ3v) is 7.49. The highest BCUT2D eigenvalue weighted by Gasteiger charge is 2.44. The second-order valence-electron chi connectivity index (χ2n) is 9.01. The summed E-state index contributed by atoms with van der Waals surface area (Å²) < 4.78 is 27.3. The molecule has 3 N–H and O–H groups in total. The molecule has 2 aliphatic rings. The molecule has 1 atom stereocenters. The maximum Gasteiger partial charge on any atom is 0.229 e. The fourth-order valence-corrected chi connectivity index (χ4v) is 5.62. The van der Waals surface area contributed by atoms with Crippen LogP contribution in [0.5, 0.6) is 0 Å². The van der Waals surface area contributed by atoms with Crippen LogP contribution in [-0.4, -0.2) is 69.8 Å². The van der Waals surface area contributed by atoms with Crippen LogP contribution in [-0.2, 0) is 23.4 Å². The molecule has 1 saturated heterocycles. The Kier molecular flexibility index (Phi) is 11.0. The molecule has 4 rings (SSSR count). The van der Waals surface area contributed by atoms with Crippen LogP contribution < -0.4 is 0 Å². The van der Waals surface area contributed by atoms with Crippen molar-refractivity contribution in [3.63, 3.8) is 0 Å². The highest BCUT2D eigenvalue weighted by molar-refractivity contribution is 7.12. The monoisotopic (exact) mass is 503 g/mol. The Morgan fingerprint density at radius 3 is 2.44 bits per heavy atom. The minimum Gasteiger partial charge on any atom is -0.396 e. The second-order valence-corrected chi connectivity index (χ2v) is 10.3. The van der Waals surface area contributed by atoms with Gasteiger partial charge in [0.25, 0.3) is 0 Å². The Bertz CT molecular complexity index is 864. The van der Waals surface area contributed by atoms with Crippen LogP contribution in [0.2, 0.25) is 0 Å². The van der Waals surface area contributed by atoms with Crippen molar-refractivity contribution in [2.45, 2.75) is 65.3 Å². The number of hydrogen-bond acceptors (Lipinski definition) is 7. The summed E-state index contributed by atoms with van der Waals surface area (Å²) in [6.45, 7) is 9.59. The first-order valence-electron chi connectivity index (χ1n) is 11.8. The van der Waals surface area contributed by atoms with E-state index in [9.17, 15) is 24.1 Å². The number of aliphatic hydroxyl groups is 3. The van der Waals surface area contributed by atoms with E-state index >= 15 is 0 Å². The van der Waals surface area contributed by atoms with Gasteiger partial charge in [0.15, 0.2) is 0 Å². The minimum absolute atomic E-state index is 0.0776. The fraction of sp³-hybridized carbons (Fsp3) is 0.708. The summed E-state index contributed by atoms with van der Waals surface area (Å²) in [5.41, 5.74) is 1.37. The number of aliphatic hydroxyl groups excluding tert-OH is 3. The number of aryl methyl sites for hydroxylation is 1. The van der Waals surface area contributed by atoms with Crippen LogP contribution in [0.25, 0.3) is 0 Å². The van der Waals surface area contributed by atoms with E-state index in [4.69, 9.17) is 4.74 Å². The van der Waals surface area contributed by atoms with Crippen molar-refractivity contribution < 1.29 is 28.8 Å². The number of nitrogens with zero attached hydrogens (tertiary/aromatic N) is 3. The topological polar surface area (TPSA) is 91.0 Å². The van der Waals surface area contributed by atoms with Crippen molar-refractivity contribution in [3.05, 3.63) is 39.3 Å². The molecule has 34 heavy (non-hydrogen) atoms. The molecule has 0 unspecified atom stereocenters. The van der Waals surface area contributed by atoms with Gasteiger partial charge in [-0.2, -0.15) is 5.10 Å². The Morgan fingerprint density at radius 2 is 1.85 bits per heavy atom. The number of rotatable bonds is 6. The van der Waals surface area contributed by atoms with Crippen molar-refractivity contribution in [1.29, 1.82) is 0 Å². The molecule has 2 aliphatic heterocycles. The largest absolute Gasteiger partial charge is 0.396 e. The Labute approximate surface area is 205 Å². The molecule has 0 aromatic carbocycles. The molecular formula is C24H39F2N3O4S. The van der Waals surface area contributed by atoms with Gasteiger partial charge >= 0.3 is 0 Å².